The number of anilines is 1. The molecule has 28 heavy (non-hydrogen) atoms. The van der Waals surface area contributed by atoms with Crippen molar-refractivity contribution in [2.24, 2.45) is 0 Å². The summed E-state index contributed by atoms with van der Waals surface area (Å²) in [5.74, 6) is 2.27. The molecule has 1 N–H and O–H groups in total. The molecule has 0 saturated carbocycles. The standard InChI is InChI=1S/C21H22N4O2S/c1-3-14-25-19(4-2)23-24-21(25)28-15-20(26)22-17-12-8-9-13-18(17)27-16-10-6-5-7-11-16/h3,5-13H,1,4,14-15H2,2H3,(H,22,26). The Labute approximate surface area is 168 Å². The number of rotatable bonds is 9. The van der Waals surface area contributed by atoms with Gasteiger partial charge >= 0.3 is 0 Å². The van der Waals surface area contributed by atoms with E-state index in [0.717, 1.165) is 12.2 Å². The molecule has 1 amide bonds. The summed E-state index contributed by atoms with van der Waals surface area (Å²) in [6.07, 6.45) is 2.57. The van der Waals surface area contributed by atoms with Gasteiger partial charge in [-0.3, -0.25) is 4.79 Å². The number of para-hydroxylation sites is 3. The minimum Gasteiger partial charge on any atom is -0.455 e. The van der Waals surface area contributed by atoms with Crippen molar-refractivity contribution in [3.8, 4) is 11.5 Å². The molecular weight excluding hydrogens is 372 g/mol. The molecule has 0 bridgehead atoms. The smallest absolute Gasteiger partial charge is 0.234 e. The zero-order valence-corrected chi connectivity index (χ0v) is 16.5. The lowest BCUT2D eigenvalue weighted by molar-refractivity contribution is -0.113. The number of carbonyl (C=O) groups excluding carboxylic acids is 1. The second kappa shape index (κ2) is 9.75. The van der Waals surface area contributed by atoms with Crippen molar-refractivity contribution in [3.63, 3.8) is 0 Å². The first-order valence-electron chi connectivity index (χ1n) is 8.98. The molecular formula is C21H22N4O2S. The van der Waals surface area contributed by atoms with E-state index in [4.69, 9.17) is 4.74 Å². The van der Waals surface area contributed by atoms with Crippen LogP contribution in [-0.2, 0) is 17.8 Å². The second-order valence-corrected chi connectivity index (χ2v) is 6.84. The third-order valence-corrected chi connectivity index (χ3v) is 4.85. The van der Waals surface area contributed by atoms with Crippen LogP contribution in [0, 0.1) is 0 Å². The third kappa shape index (κ3) is 5.01. The molecule has 0 aliphatic rings. The largest absolute Gasteiger partial charge is 0.455 e. The summed E-state index contributed by atoms with van der Waals surface area (Å²) in [5.41, 5.74) is 0.624. The molecule has 3 aromatic rings. The molecule has 0 saturated heterocycles. The number of aromatic nitrogens is 3. The summed E-state index contributed by atoms with van der Waals surface area (Å²) >= 11 is 1.35. The van der Waals surface area contributed by atoms with E-state index in [9.17, 15) is 4.79 Å². The molecule has 3 rings (SSSR count). The van der Waals surface area contributed by atoms with Gasteiger partial charge < -0.3 is 14.6 Å². The topological polar surface area (TPSA) is 69.0 Å². The molecule has 0 aliphatic carbocycles. The first-order valence-corrected chi connectivity index (χ1v) is 9.97. The van der Waals surface area contributed by atoms with Crippen LogP contribution in [-0.4, -0.2) is 26.4 Å². The van der Waals surface area contributed by atoms with Gasteiger partial charge in [-0.25, -0.2) is 0 Å². The van der Waals surface area contributed by atoms with E-state index in [1.54, 1.807) is 6.08 Å². The Bertz CT molecular complexity index is 941. The van der Waals surface area contributed by atoms with Crippen molar-refractivity contribution >= 4 is 23.4 Å². The number of nitrogens with one attached hydrogen (secondary N) is 1. The van der Waals surface area contributed by atoms with Gasteiger partial charge in [-0.05, 0) is 24.3 Å². The second-order valence-electron chi connectivity index (χ2n) is 5.90. The van der Waals surface area contributed by atoms with Crippen molar-refractivity contribution in [2.75, 3.05) is 11.1 Å². The fourth-order valence-corrected chi connectivity index (χ4v) is 3.36. The Hall–Kier alpha value is -3.06. The molecule has 0 fully saturated rings. The monoisotopic (exact) mass is 394 g/mol. The number of carbonyl (C=O) groups is 1. The Kier molecular flexibility index (Phi) is 6.86. The lowest BCUT2D eigenvalue weighted by atomic mass is 10.3. The average molecular weight is 395 g/mol. The molecule has 1 heterocycles. The van der Waals surface area contributed by atoms with Crippen LogP contribution in [0.25, 0.3) is 0 Å². The molecule has 2 aromatic carbocycles. The van der Waals surface area contributed by atoms with Gasteiger partial charge in [0.25, 0.3) is 0 Å². The predicted molar refractivity (Wildman–Crippen MR) is 112 cm³/mol. The summed E-state index contributed by atoms with van der Waals surface area (Å²) in [6.45, 7) is 6.41. The van der Waals surface area contributed by atoms with Crippen LogP contribution < -0.4 is 10.1 Å². The van der Waals surface area contributed by atoms with Crippen molar-refractivity contribution in [1.29, 1.82) is 0 Å². The molecule has 1 aromatic heterocycles. The van der Waals surface area contributed by atoms with Gasteiger partial charge in [-0.15, -0.1) is 16.8 Å². The van der Waals surface area contributed by atoms with E-state index < -0.39 is 0 Å². The van der Waals surface area contributed by atoms with Crippen LogP contribution in [0.1, 0.15) is 12.7 Å². The Morgan fingerprint density at radius 3 is 2.68 bits per heavy atom. The number of nitrogens with zero attached hydrogens (tertiary/aromatic N) is 3. The molecule has 0 spiro atoms. The molecule has 0 radical (unpaired) electrons. The maximum atomic E-state index is 12.5. The van der Waals surface area contributed by atoms with Crippen molar-refractivity contribution in [3.05, 3.63) is 73.1 Å². The lowest BCUT2D eigenvalue weighted by Gasteiger charge is -2.12. The molecule has 6 nitrogen and oxygen atoms in total. The molecule has 0 aliphatic heterocycles. The Morgan fingerprint density at radius 2 is 1.93 bits per heavy atom. The highest BCUT2D eigenvalue weighted by atomic mass is 32.2. The number of aryl methyl sites for hydroxylation is 1. The van der Waals surface area contributed by atoms with Crippen LogP contribution in [0.5, 0.6) is 11.5 Å². The maximum absolute atomic E-state index is 12.5. The fourth-order valence-electron chi connectivity index (χ4n) is 2.59. The summed E-state index contributed by atoms with van der Waals surface area (Å²) in [5, 5.41) is 12.0. The van der Waals surface area contributed by atoms with E-state index in [0.29, 0.717) is 28.9 Å². The number of hydrogen-bond acceptors (Lipinski definition) is 5. The van der Waals surface area contributed by atoms with E-state index in [2.05, 4.69) is 22.1 Å². The molecule has 0 atom stereocenters. The maximum Gasteiger partial charge on any atom is 0.234 e. The van der Waals surface area contributed by atoms with Crippen LogP contribution in [0.2, 0.25) is 0 Å². The number of hydrogen-bond donors (Lipinski definition) is 1. The molecule has 0 unspecified atom stereocenters. The zero-order chi connectivity index (χ0) is 19.8. The number of ether oxygens (including phenoxy) is 1. The number of amides is 1. The summed E-state index contributed by atoms with van der Waals surface area (Å²) in [6, 6.07) is 16.8. The van der Waals surface area contributed by atoms with Crippen LogP contribution >= 0.6 is 11.8 Å². The van der Waals surface area contributed by atoms with Gasteiger partial charge in [0.1, 0.15) is 11.6 Å². The number of thioether (sulfide) groups is 1. The zero-order valence-electron chi connectivity index (χ0n) is 15.7. The van der Waals surface area contributed by atoms with Gasteiger partial charge in [0.2, 0.25) is 5.91 Å². The average Bonchev–Trinajstić information content (AvgIpc) is 3.11. The van der Waals surface area contributed by atoms with Crippen LogP contribution in [0.15, 0.2) is 72.4 Å². The summed E-state index contributed by atoms with van der Waals surface area (Å²) in [7, 11) is 0. The fraction of sp³-hybridized carbons (Fsp3) is 0.190. The number of allylic oxidation sites excluding steroid dienone is 1. The summed E-state index contributed by atoms with van der Waals surface area (Å²) < 4.78 is 7.85. The van der Waals surface area contributed by atoms with E-state index in [-0.39, 0.29) is 11.7 Å². The van der Waals surface area contributed by atoms with Crippen LogP contribution in [0.4, 0.5) is 5.69 Å². The first kappa shape index (κ1) is 19.7. The van der Waals surface area contributed by atoms with Crippen molar-refractivity contribution in [2.45, 2.75) is 25.0 Å². The Balaban J connectivity index is 1.64. The van der Waals surface area contributed by atoms with Crippen molar-refractivity contribution < 1.29 is 9.53 Å². The minimum absolute atomic E-state index is 0.139. The van der Waals surface area contributed by atoms with Gasteiger partial charge in [-0.2, -0.15) is 0 Å². The van der Waals surface area contributed by atoms with E-state index in [1.165, 1.54) is 11.8 Å². The first-order chi connectivity index (χ1) is 13.7. The Morgan fingerprint density at radius 1 is 1.18 bits per heavy atom. The van der Waals surface area contributed by atoms with E-state index >= 15 is 0 Å². The highest BCUT2D eigenvalue weighted by Crippen LogP contribution is 2.29. The van der Waals surface area contributed by atoms with Gasteiger partial charge in [-0.1, -0.05) is 55.1 Å². The minimum atomic E-state index is -0.139. The number of benzene rings is 2. The quantitative estimate of drug-likeness (QED) is 0.426. The summed E-state index contributed by atoms with van der Waals surface area (Å²) in [4.78, 5) is 12.5. The van der Waals surface area contributed by atoms with Gasteiger partial charge in [0.05, 0.1) is 11.4 Å². The predicted octanol–water partition coefficient (Wildman–Crippen LogP) is 4.55. The van der Waals surface area contributed by atoms with Gasteiger partial charge in [0, 0.05) is 13.0 Å². The molecule has 7 heteroatoms. The van der Waals surface area contributed by atoms with Crippen LogP contribution in [0.3, 0.4) is 0 Å². The highest BCUT2D eigenvalue weighted by molar-refractivity contribution is 7.99. The SMILES string of the molecule is C=CCn1c(CC)nnc1SCC(=O)Nc1ccccc1Oc1ccccc1. The van der Waals surface area contributed by atoms with Crippen molar-refractivity contribution in [1.82, 2.24) is 14.8 Å². The van der Waals surface area contributed by atoms with Gasteiger partial charge in [0.15, 0.2) is 10.9 Å². The normalized spacial score (nSPS) is 10.5. The third-order valence-electron chi connectivity index (χ3n) is 3.89. The molecule has 144 valence electrons. The highest BCUT2D eigenvalue weighted by Gasteiger charge is 2.13. The lowest BCUT2D eigenvalue weighted by Crippen LogP contribution is -2.15. The van der Waals surface area contributed by atoms with E-state index in [1.807, 2.05) is 66.1 Å².